The zero-order valence-electron chi connectivity index (χ0n) is 10.6. The Hall–Kier alpha value is -1.84. The maximum absolute atomic E-state index is 12.1. The van der Waals surface area contributed by atoms with Crippen molar-refractivity contribution in [2.45, 2.75) is 26.3 Å². The van der Waals surface area contributed by atoms with Gasteiger partial charge in [-0.3, -0.25) is 15.1 Å². The van der Waals surface area contributed by atoms with Crippen LogP contribution in [0.3, 0.4) is 0 Å². The van der Waals surface area contributed by atoms with E-state index >= 15 is 0 Å². The van der Waals surface area contributed by atoms with E-state index in [9.17, 15) is 4.79 Å². The second-order valence-corrected chi connectivity index (χ2v) is 4.59. The minimum atomic E-state index is -0.731. The van der Waals surface area contributed by atoms with Crippen LogP contribution in [0.5, 0.6) is 0 Å². The van der Waals surface area contributed by atoms with Crippen molar-refractivity contribution in [2.75, 3.05) is 7.05 Å². The molecule has 0 bridgehead atoms. The lowest BCUT2D eigenvalue weighted by molar-refractivity contribution is -0.123. The molecule has 1 saturated heterocycles. The van der Waals surface area contributed by atoms with E-state index in [1.165, 1.54) is 0 Å². The molecule has 0 radical (unpaired) electrons. The smallest absolute Gasteiger partial charge is 0.256 e. The van der Waals surface area contributed by atoms with Gasteiger partial charge in [0, 0.05) is 7.05 Å². The highest BCUT2D eigenvalue weighted by Gasteiger charge is 2.42. The highest BCUT2D eigenvalue weighted by atomic mass is 16.2. The predicted octanol–water partition coefficient (Wildman–Crippen LogP) is 1.22. The Bertz CT molecular complexity index is 507. The molecule has 4 heteroatoms. The maximum Gasteiger partial charge on any atom is 0.256 e. The fraction of sp³-hybridized carbons (Fsp3) is 0.385. The molecule has 1 heterocycles. The van der Waals surface area contributed by atoms with E-state index in [1.54, 1.807) is 7.05 Å². The molecule has 1 aromatic rings. The maximum atomic E-state index is 12.1. The van der Waals surface area contributed by atoms with E-state index < -0.39 is 5.54 Å². The number of benzene rings is 1. The van der Waals surface area contributed by atoms with Crippen LogP contribution >= 0.6 is 0 Å². The van der Waals surface area contributed by atoms with Crippen molar-refractivity contribution in [1.29, 1.82) is 0 Å². The lowest BCUT2D eigenvalue weighted by atomic mass is 9.87. The van der Waals surface area contributed by atoms with Gasteiger partial charge in [-0.15, -0.1) is 0 Å². The highest BCUT2D eigenvalue weighted by molar-refractivity contribution is 6.09. The molecule has 0 spiro atoms. The molecule has 1 aliphatic rings. The summed E-state index contributed by atoms with van der Waals surface area (Å²) in [7, 11) is 1.65. The number of nitrogens with zero attached hydrogens (tertiary/aromatic N) is 1. The Morgan fingerprint density at radius 3 is 2.59 bits per heavy atom. The van der Waals surface area contributed by atoms with Gasteiger partial charge in [0.1, 0.15) is 5.54 Å². The number of nitrogens with one attached hydrogen (secondary N) is 2. The summed E-state index contributed by atoms with van der Waals surface area (Å²) in [5.74, 6) is 0.463. The van der Waals surface area contributed by atoms with E-state index in [0.717, 1.165) is 16.7 Å². The van der Waals surface area contributed by atoms with Gasteiger partial charge in [-0.2, -0.15) is 0 Å². The van der Waals surface area contributed by atoms with E-state index in [1.807, 2.05) is 39.0 Å². The standard InChI is InChI=1S/C13H17N3O/c1-8-5-6-9(2)10(7-8)13(3)11(17)15-12(14-4)16-13/h5-7H,1-4H3,(H2,14,15,16,17). The van der Waals surface area contributed by atoms with Crippen LogP contribution in [0.2, 0.25) is 0 Å². The normalized spacial score (nSPS) is 25.9. The number of aliphatic imine (C=N–C) groups is 1. The van der Waals surface area contributed by atoms with E-state index in [2.05, 4.69) is 15.6 Å². The molecule has 90 valence electrons. The Labute approximate surface area is 101 Å². The van der Waals surface area contributed by atoms with Crippen LogP contribution in [0.25, 0.3) is 0 Å². The number of hydrogen-bond donors (Lipinski definition) is 2. The van der Waals surface area contributed by atoms with Crippen molar-refractivity contribution in [3.8, 4) is 0 Å². The summed E-state index contributed by atoms with van der Waals surface area (Å²) in [4.78, 5) is 16.1. The van der Waals surface area contributed by atoms with Gasteiger partial charge in [0.2, 0.25) is 0 Å². The summed E-state index contributed by atoms with van der Waals surface area (Å²) in [5.41, 5.74) is 2.50. The molecule has 1 aliphatic heterocycles. The third-order valence-electron chi connectivity index (χ3n) is 3.21. The number of amides is 1. The van der Waals surface area contributed by atoms with Gasteiger partial charge in [0.05, 0.1) is 0 Å². The summed E-state index contributed by atoms with van der Waals surface area (Å²) in [6.45, 7) is 5.91. The minimum Gasteiger partial charge on any atom is -0.338 e. The van der Waals surface area contributed by atoms with Crippen molar-refractivity contribution < 1.29 is 4.79 Å². The number of hydrogen-bond acceptors (Lipinski definition) is 2. The molecule has 1 aromatic carbocycles. The van der Waals surface area contributed by atoms with Crippen LogP contribution in [0, 0.1) is 13.8 Å². The monoisotopic (exact) mass is 231 g/mol. The molecular weight excluding hydrogens is 214 g/mol. The first-order valence-electron chi connectivity index (χ1n) is 5.61. The summed E-state index contributed by atoms with van der Waals surface area (Å²) in [5, 5.41) is 5.88. The van der Waals surface area contributed by atoms with Gasteiger partial charge in [0.25, 0.3) is 5.91 Å². The first-order chi connectivity index (χ1) is 7.97. The van der Waals surface area contributed by atoms with Crippen molar-refractivity contribution in [3.05, 3.63) is 34.9 Å². The van der Waals surface area contributed by atoms with Gasteiger partial charge < -0.3 is 5.32 Å². The third-order valence-corrected chi connectivity index (χ3v) is 3.21. The first-order valence-corrected chi connectivity index (χ1v) is 5.61. The zero-order valence-corrected chi connectivity index (χ0v) is 10.6. The molecule has 1 unspecified atom stereocenters. The van der Waals surface area contributed by atoms with Crippen molar-refractivity contribution in [3.63, 3.8) is 0 Å². The molecule has 1 atom stereocenters. The molecule has 0 aromatic heterocycles. The second-order valence-electron chi connectivity index (χ2n) is 4.59. The Morgan fingerprint density at radius 2 is 2.00 bits per heavy atom. The first kappa shape index (κ1) is 11.6. The molecule has 2 rings (SSSR count). The number of guanidine groups is 1. The van der Waals surface area contributed by atoms with Crippen LogP contribution in [0.4, 0.5) is 0 Å². The Balaban J connectivity index is 2.52. The SMILES string of the molecule is CN=C1NC(=O)C(C)(c2cc(C)ccc2C)N1. The lowest BCUT2D eigenvalue weighted by Crippen LogP contribution is -2.41. The summed E-state index contributed by atoms with van der Waals surface area (Å²) >= 11 is 0. The van der Waals surface area contributed by atoms with E-state index in [0.29, 0.717) is 5.96 Å². The van der Waals surface area contributed by atoms with Crippen LogP contribution in [-0.4, -0.2) is 18.9 Å². The topological polar surface area (TPSA) is 53.5 Å². The quantitative estimate of drug-likeness (QED) is 0.763. The fourth-order valence-electron chi connectivity index (χ4n) is 2.13. The van der Waals surface area contributed by atoms with Crippen molar-refractivity contribution in [2.24, 2.45) is 4.99 Å². The molecule has 1 fully saturated rings. The lowest BCUT2D eigenvalue weighted by Gasteiger charge is -2.24. The van der Waals surface area contributed by atoms with Gasteiger partial charge in [-0.1, -0.05) is 23.8 Å². The second kappa shape index (κ2) is 3.87. The average Bonchev–Trinajstić information content (AvgIpc) is 2.59. The van der Waals surface area contributed by atoms with Gasteiger partial charge >= 0.3 is 0 Å². The van der Waals surface area contributed by atoms with Crippen LogP contribution in [0.15, 0.2) is 23.2 Å². The number of carbonyl (C=O) groups excluding carboxylic acids is 1. The predicted molar refractivity (Wildman–Crippen MR) is 67.9 cm³/mol. The largest absolute Gasteiger partial charge is 0.338 e. The van der Waals surface area contributed by atoms with Crippen LogP contribution in [0.1, 0.15) is 23.6 Å². The molecule has 2 N–H and O–H groups in total. The Morgan fingerprint density at radius 1 is 1.29 bits per heavy atom. The Kier molecular flexibility index (Phi) is 2.65. The number of carbonyl (C=O) groups is 1. The van der Waals surface area contributed by atoms with Crippen LogP contribution in [-0.2, 0) is 10.3 Å². The number of aryl methyl sites for hydroxylation is 2. The fourth-order valence-corrected chi connectivity index (χ4v) is 2.13. The summed E-state index contributed by atoms with van der Waals surface area (Å²) < 4.78 is 0. The molecule has 17 heavy (non-hydrogen) atoms. The molecule has 1 amide bonds. The average molecular weight is 231 g/mol. The van der Waals surface area contributed by atoms with E-state index in [4.69, 9.17) is 0 Å². The van der Waals surface area contributed by atoms with Gasteiger partial charge in [-0.05, 0) is 31.9 Å². The molecule has 0 aliphatic carbocycles. The van der Waals surface area contributed by atoms with E-state index in [-0.39, 0.29) is 5.91 Å². The summed E-state index contributed by atoms with van der Waals surface area (Å²) in [6, 6.07) is 6.12. The minimum absolute atomic E-state index is 0.0631. The molecular formula is C13H17N3O. The van der Waals surface area contributed by atoms with Crippen molar-refractivity contribution in [1.82, 2.24) is 10.6 Å². The van der Waals surface area contributed by atoms with Gasteiger partial charge in [-0.25, -0.2) is 0 Å². The third kappa shape index (κ3) is 1.79. The summed E-state index contributed by atoms with van der Waals surface area (Å²) in [6.07, 6.45) is 0. The molecule has 0 saturated carbocycles. The van der Waals surface area contributed by atoms with Crippen LogP contribution < -0.4 is 10.6 Å². The molecule has 4 nitrogen and oxygen atoms in total. The highest BCUT2D eigenvalue weighted by Crippen LogP contribution is 2.27. The number of rotatable bonds is 1. The van der Waals surface area contributed by atoms with Gasteiger partial charge in [0.15, 0.2) is 5.96 Å². The van der Waals surface area contributed by atoms with Crippen molar-refractivity contribution >= 4 is 11.9 Å². The zero-order chi connectivity index (χ0) is 12.6.